The Bertz CT molecular complexity index is 578. The molecule has 0 unspecified atom stereocenters. The standard InChI is InChI=1S/C11H13NO7S/c1-19-8-2-4-9(5-3-8)20(17,18)12(6-10(13)14)7-11(15)16/h2-5H,6-7H2,1H3,(H,13,14)(H,15,16)/p-2. The summed E-state index contributed by atoms with van der Waals surface area (Å²) < 4.78 is 29.3. The second kappa shape index (κ2) is 6.35. The molecule has 1 aromatic carbocycles. The Balaban J connectivity index is 3.13. The maximum Gasteiger partial charge on any atom is 0.243 e. The molecule has 0 N–H and O–H groups in total. The van der Waals surface area contributed by atoms with E-state index in [0.717, 1.165) is 0 Å². The van der Waals surface area contributed by atoms with Crippen molar-refractivity contribution in [3.8, 4) is 5.75 Å². The Hall–Kier alpha value is -2.13. The van der Waals surface area contributed by atoms with Crippen LogP contribution in [0.1, 0.15) is 0 Å². The number of carbonyl (C=O) groups excluding carboxylic acids is 2. The predicted octanol–water partition coefficient (Wildman–Crippen LogP) is -2.81. The Morgan fingerprint density at radius 1 is 1.10 bits per heavy atom. The van der Waals surface area contributed by atoms with Gasteiger partial charge in [0.1, 0.15) is 5.75 Å². The first-order valence-corrected chi connectivity index (χ1v) is 6.75. The maximum absolute atomic E-state index is 12.1. The zero-order valence-corrected chi connectivity index (χ0v) is 11.3. The normalized spacial score (nSPS) is 11.3. The molecular weight excluding hydrogens is 290 g/mol. The Labute approximate surface area is 115 Å². The molecule has 0 aliphatic heterocycles. The first kappa shape index (κ1) is 15.9. The van der Waals surface area contributed by atoms with E-state index < -0.39 is 35.1 Å². The molecule has 0 aliphatic rings. The molecule has 0 saturated carbocycles. The van der Waals surface area contributed by atoms with Crippen LogP contribution in [-0.4, -0.2) is 44.9 Å². The van der Waals surface area contributed by atoms with Crippen molar-refractivity contribution in [2.45, 2.75) is 4.90 Å². The second-order valence-electron chi connectivity index (χ2n) is 3.69. The van der Waals surface area contributed by atoms with Gasteiger partial charge in [0.25, 0.3) is 0 Å². The molecule has 0 atom stereocenters. The summed E-state index contributed by atoms with van der Waals surface area (Å²) in [4.78, 5) is 20.8. The highest BCUT2D eigenvalue weighted by Gasteiger charge is 2.24. The second-order valence-corrected chi connectivity index (χ2v) is 5.63. The molecule has 0 aliphatic carbocycles. The molecule has 1 rings (SSSR count). The van der Waals surface area contributed by atoms with E-state index in [9.17, 15) is 28.2 Å². The molecule has 1 aromatic rings. The molecule has 0 radical (unpaired) electrons. The monoisotopic (exact) mass is 301 g/mol. The molecule has 8 nitrogen and oxygen atoms in total. The summed E-state index contributed by atoms with van der Waals surface area (Å²) >= 11 is 0. The number of hydrogen-bond donors (Lipinski definition) is 0. The van der Waals surface area contributed by atoms with E-state index in [1.165, 1.54) is 31.4 Å². The SMILES string of the molecule is COc1ccc(S(=O)(=O)N(CC(=O)[O-])CC(=O)[O-])cc1. The minimum absolute atomic E-state index is 0.249. The summed E-state index contributed by atoms with van der Waals surface area (Å²) in [6.07, 6.45) is 0. The number of aliphatic carboxylic acids is 2. The van der Waals surface area contributed by atoms with Crippen molar-refractivity contribution < 1.29 is 33.0 Å². The van der Waals surface area contributed by atoms with Crippen molar-refractivity contribution in [3.63, 3.8) is 0 Å². The molecule has 0 saturated heterocycles. The van der Waals surface area contributed by atoms with E-state index in [-0.39, 0.29) is 9.20 Å². The topological polar surface area (TPSA) is 127 Å². The fourth-order valence-corrected chi connectivity index (χ4v) is 2.74. The van der Waals surface area contributed by atoms with E-state index in [4.69, 9.17) is 4.74 Å². The lowest BCUT2D eigenvalue weighted by Crippen LogP contribution is -2.46. The smallest absolute Gasteiger partial charge is 0.243 e. The number of benzene rings is 1. The van der Waals surface area contributed by atoms with Gasteiger partial charge < -0.3 is 24.5 Å². The predicted molar refractivity (Wildman–Crippen MR) is 61.8 cm³/mol. The molecule has 0 spiro atoms. The van der Waals surface area contributed by atoms with Crippen LogP contribution in [0.15, 0.2) is 29.2 Å². The van der Waals surface area contributed by atoms with Gasteiger partial charge >= 0.3 is 0 Å². The summed E-state index contributed by atoms with van der Waals surface area (Å²) in [6.45, 7) is -2.16. The highest BCUT2D eigenvalue weighted by molar-refractivity contribution is 7.89. The lowest BCUT2D eigenvalue weighted by atomic mass is 10.3. The largest absolute Gasteiger partial charge is 0.549 e. The van der Waals surface area contributed by atoms with Gasteiger partial charge in [-0.2, -0.15) is 4.31 Å². The van der Waals surface area contributed by atoms with Gasteiger partial charge in [-0.3, -0.25) is 0 Å². The third-order valence-corrected chi connectivity index (χ3v) is 4.11. The number of carboxylic acid groups (broad SMARTS) is 2. The van der Waals surface area contributed by atoms with E-state index >= 15 is 0 Å². The summed E-state index contributed by atoms with van der Waals surface area (Å²) in [5, 5.41) is 21.0. The van der Waals surface area contributed by atoms with Crippen LogP contribution in [0.2, 0.25) is 0 Å². The average Bonchev–Trinajstić information content (AvgIpc) is 2.37. The van der Waals surface area contributed by atoms with Crippen molar-refractivity contribution in [2.75, 3.05) is 20.2 Å². The van der Waals surface area contributed by atoms with E-state index in [0.29, 0.717) is 5.75 Å². The number of methoxy groups -OCH3 is 1. The number of rotatable bonds is 7. The number of ether oxygens (including phenoxy) is 1. The molecule has 0 amide bonds. The van der Waals surface area contributed by atoms with Gasteiger partial charge in [-0.25, -0.2) is 8.42 Å². The van der Waals surface area contributed by atoms with Crippen molar-refractivity contribution in [1.82, 2.24) is 4.31 Å². The first-order valence-electron chi connectivity index (χ1n) is 5.31. The average molecular weight is 301 g/mol. The highest BCUT2D eigenvalue weighted by atomic mass is 32.2. The summed E-state index contributed by atoms with van der Waals surface area (Å²) in [7, 11) is -2.89. The number of nitrogens with zero attached hydrogens (tertiary/aromatic N) is 1. The molecule has 0 bridgehead atoms. The minimum Gasteiger partial charge on any atom is -0.549 e. The summed E-state index contributed by atoms with van der Waals surface area (Å²) in [6, 6.07) is 5.05. The molecular formula is C11H11NO7S-2. The first-order chi connectivity index (χ1) is 9.27. The third-order valence-electron chi connectivity index (χ3n) is 2.31. The Morgan fingerprint density at radius 3 is 1.90 bits per heavy atom. The van der Waals surface area contributed by atoms with Gasteiger partial charge in [-0.05, 0) is 24.3 Å². The maximum atomic E-state index is 12.1. The van der Waals surface area contributed by atoms with Crippen molar-refractivity contribution in [2.24, 2.45) is 0 Å². The molecule has 0 heterocycles. The minimum atomic E-state index is -4.28. The third kappa shape index (κ3) is 3.93. The quantitative estimate of drug-likeness (QED) is 0.531. The van der Waals surface area contributed by atoms with Crippen LogP contribution in [0.4, 0.5) is 0 Å². The molecule has 9 heteroatoms. The van der Waals surface area contributed by atoms with Crippen LogP contribution in [0.5, 0.6) is 5.75 Å². The van der Waals surface area contributed by atoms with Crippen molar-refractivity contribution >= 4 is 22.0 Å². The Morgan fingerprint density at radius 2 is 1.55 bits per heavy atom. The van der Waals surface area contributed by atoms with Gasteiger partial charge in [-0.1, -0.05) is 0 Å². The van der Waals surface area contributed by atoms with Crippen LogP contribution in [0.25, 0.3) is 0 Å². The van der Waals surface area contributed by atoms with Crippen molar-refractivity contribution in [3.05, 3.63) is 24.3 Å². The van der Waals surface area contributed by atoms with Gasteiger partial charge in [0.2, 0.25) is 10.0 Å². The number of carbonyl (C=O) groups is 2. The van der Waals surface area contributed by atoms with Crippen LogP contribution >= 0.6 is 0 Å². The van der Waals surface area contributed by atoms with Crippen LogP contribution in [-0.2, 0) is 19.6 Å². The number of carboxylic acids is 2. The zero-order chi connectivity index (χ0) is 15.3. The molecule has 0 aromatic heterocycles. The highest BCUT2D eigenvalue weighted by Crippen LogP contribution is 2.19. The van der Waals surface area contributed by atoms with E-state index in [1.807, 2.05) is 0 Å². The lowest BCUT2D eigenvalue weighted by Gasteiger charge is -2.23. The summed E-state index contributed by atoms with van der Waals surface area (Å²) in [5.41, 5.74) is 0. The summed E-state index contributed by atoms with van der Waals surface area (Å²) in [5.74, 6) is -3.04. The fraction of sp³-hybridized carbons (Fsp3) is 0.273. The number of hydrogen-bond acceptors (Lipinski definition) is 7. The van der Waals surface area contributed by atoms with Crippen LogP contribution < -0.4 is 14.9 Å². The number of sulfonamides is 1. The van der Waals surface area contributed by atoms with Gasteiger partial charge in [-0.15, -0.1) is 0 Å². The zero-order valence-electron chi connectivity index (χ0n) is 10.4. The fourth-order valence-electron chi connectivity index (χ4n) is 1.41. The van der Waals surface area contributed by atoms with Crippen molar-refractivity contribution in [1.29, 1.82) is 0 Å². The Kier molecular flexibility index (Phi) is 5.06. The van der Waals surface area contributed by atoms with Gasteiger partial charge in [0, 0.05) is 0 Å². The molecule has 110 valence electrons. The molecule has 20 heavy (non-hydrogen) atoms. The van der Waals surface area contributed by atoms with Gasteiger partial charge in [0.15, 0.2) is 0 Å². The van der Waals surface area contributed by atoms with Gasteiger partial charge in [0.05, 0.1) is 37.0 Å². The lowest BCUT2D eigenvalue weighted by molar-refractivity contribution is -0.308. The van der Waals surface area contributed by atoms with E-state index in [2.05, 4.69) is 0 Å². The van der Waals surface area contributed by atoms with Crippen LogP contribution in [0, 0.1) is 0 Å². The molecule has 0 fully saturated rings. The van der Waals surface area contributed by atoms with Crippen LogP contribution in [0.3, 0.4) is 0 Å². The van der Waals surface area contributed by atoms with E-state index in [1.54, 1.807) is 0 Å².